The highest BCUT2D eigenvalue weighted by molar-refractivity contribution is 8.07. The Hall–Kier alpha value is 0.620. The molecular weight excluding hydrogens is 224 g/mol. The standard InChI is InChI=1S/C11H22N2S2/c1-2-9-11(15-7-6-14-9)10(13-12)8-4-3-5-8/h8-11,13H,2-7,12H2,1H3. The van der Waals surface area contributed by atoms with Gasteiger partial charge in [-0.25, -0.2) is 0 Å². The van der Waals surface area contributed by atoms with Gasteiger partial charge < -0.3 is 0 Å². The van der Waals surface area contributed by atoms with Gasteiger partial charge in [0, 0.05) is 28.0 Å². The molecular formula is C11H22N2S2. The van der Waals surface area contributed by atoms with Crippen molar-refractivity contribution in [1.29, 1.82) is 0 Å². The van der Waals surface area contributed by atoms with Crippen LogP contribution in [0, 0.1) is 5.92 Å². The average molecular weight is 246 g/mol. The van der Waals surface area contributed by atoms with Crippen molar-refractivity contribution >= 4 is 23.5 Å². The van der Waals surface area contributed by atoms with Gasteiger partial charge in [-0.3, -0.25) is 11.3 Å². The summed E-state index contributed by atoms with van der Waals surface area (Å²) in [4.78, 5) is 0. The van der Waals surface area contributed by atoms with Gasteiger partial charge in [-0.15, -0.1) is 0 Å². The second kappa shape index (κ2) is 5.80. The van der Waals surface area contributed by atoms with Gasteiger partial charge in [-0.2, -0.15) is 23.5 Å². The van der Waals surface area contributed by atoms with Crippen LogP contribution in [0.2, 0.25) is 0 Å². The number of nitrogens with two attached hydrogens (primary N) is 1. The second-order valence-electron chi connectivity index (χ2n) is 4.54. The molecule has 2 rings (SSSR count). The van der Waals surface area contributed by atoms with Gasteiger partial charge >= 0.3 is 0 Å². The van der Waals surface area contributed by atoms with E-state index in [9.17, 15) is 0 Å². The SMILES string of the molecule is CCC1SCCSC1C(NN)C1CCC1. The van der Waals surface area contributed by atoms with E-state index in [1.807, 2.05) is 0 Å². The monoisotopic (exact) mass is 246 g/mol. The minimum absolute atomic E-state index is 0.557. The molecule has 1 saturated carbocycles. The van der Waals surface area contributed by atoms with E-state index in [0.717, 1.165) is 16.4 Å². The minimum atomic E-state index is 0.557. The van der Waals surface area contributed by atoms with Crippen molar-refractivity contribution in [3.05, 3.63) is 0 Å². The van der Waals surface area contributed by atoms with Crippen molar-refractivity contribution in [2.45, 2.75) is 49.1 Å². The molecule has 3 unspecified atom stereocenters. The van der Waals surface area contributed by atoms with Crippen LogP contribution < -0.4 is 11.3 Å². The van der Waals surface area contributed by atoms with E-state index < -0.39 is 0 Å². The second-order valence-corrected chi connectivity index (χ2v) is 7.17. The molecule has 0 bridgehead atoms. The first-order valence-electron chi connectivity index (χ1n) is 6.06. The van der Waals surface area contributed by atoms with Gasteiger partial charge in [0.25, 0.3) is 0 Å². The Morgan fingerprint density at radius 1 is 1.33 bits per heavy atom. The third kappa shape index (κ3) is 2.65. The fourth-order valence-electron chi connectivity index (χ4n) is 2.57. The third-order valence-electron chi connectivity index (χ3n) is 3.70. The highest BCUT2D eigenvalue weighted by atomic mass is 32.2. The lowest BCUT2D eigenvalue weighted by Crippen LogP contribution is -2.53. The van der Waals surface area contributed by atoms with Crippen LogP contribution in [0.4, 0.5) is 0 Å². The summed E-state index contributed by atoms with van der Waals surface area (Å²) in [6.07, 6.45) is 5.46. The van der Waals surface area contributed by atoms with Crippen molar-refractivity contribution in [1.82, 2.24) is 5.43 Å². The van der Waals surface area contributed by atoms with Crippen LogP contribution in [0.5, 0.6) is 0 Å². The van der Waals surface area contributed by atoms with Crippen LogP contribution in [0.25, 0.3) is 0 Å². The maximum Gasteiger partial charge on any atom is 0.0368 e. The first-order valence-corrected chi connectivity index (χ1v) is 8.16. The maximum absolute atomic E-state index is 5.76. The number of hydrogen-bond acceptors (Lipinski definition) is 4. The number of thioether (sulfide) groups is 2. The third-order valence-corrected chi connectivity index (χ3v) is 7.07. The molecule has 1 aliphatic carbocycles. The van der Waals surface area contributed by atoms with Gasteiger partial charge in [0.1, 0.15) is 0 Å². The molecule has 4 heteroatoms. The highest BCUT2D eigenvalue weighted by Crippen LogP contribution is 2.41. The molecule has 88 valence electrons. The molecule has 15 heavy (non-hydrogen) atoms. The molecule has 0 aromatic heterocycles. The van der Waals surface area contributed by atoms with Crippen LogP contribution in [-0.4, -0.2) is 28.0 Å². The number of rotatable bonds is 4. The van der Waals surface area contributed by atoms with E-state index in [0.29, 0.717) is 6.04 Å². The summed E-state index contributed by atoms with van der Waals surface area (Å²) in [6, 6.07) is 0.557. The molecule has 0 amide bonds. The van der Waals surface area contributed by atoms with Crippen LogP contribution in [0.1, 0.15) is 32.6 Å². The minimum Gasteiger partial charge on any atom is -0.271 e. The molecule has 0 aromatic rings. The summed E-state index contributed by atoms with van der Waals surface area (Å²) < 4.78 is 0. The molecule has 2 fully saturated rings. The smallest absolute Gasteiger partial charge is 0.0368 e. The van der Waals surface area contributed by atoms with Gasteiger partial charge in [0.15, 0.2) is 0 Å². The highest BCUT2D eigenvalue weighted by Gasteiger charge is 2.38. The van der Waals surface area contributed by atoms with Gasteiger partial charge in [0.2, 0.25) is 0 Å². The maximum atomic E-state index is 5.76. The number of hydrogen-bond donors (Lipinski definition) is 2. The largest absolute Gasteiger partial charge is 0.271 e. The Morgan fingerprint density at radius 2 is 2.07 bits per heavy atom. The Bertz CT molecular complexity index is 197. The lowest BCUT2D eigenvalue weighted by Gasteiger charge is -2.42. The predicted molar refractivity (Wildman–Crippen MR) is 71.2 cm³/mol. The quantitative estimate of drug-likeness (QED) is 0.589. The fourth-order valence-corrected chi connectivity index (χ4v) is 5.90. The van der Waals surface area contributed by atoms with E-state index in [1.165, 1.54) is 37.2 Å². The summed E-state index contributed by atoms with van der Waals surface area (Å²) in [5.41, 5.74) is 3.10. The summed E-state index contributed by atoms with van der Waals surface area (Å²) in [6.45, 7) is 2.31. The van der Waals surface area contributed by atoms with Crippen LogP contribution in [0.3, 0.4) is 0 Å². The molecule has 1 heterocycles. The van der Waals surface area contributed by atoms with Crippen molar-refractivity contribution in [3.8, 4) is 0 Å². The zero-order valence-corrected chi connectivity index (χ0v) is 11.1. The average Bonchev–Trinajstić information content (AvgIpc) is 2.23. The Kier molecular flexibility index (Phi) is 4.68. The first-order chi connectivity index (χ1) is 7.36. The van der Waals surface area contributed by atoms with E-state index in [-0.39, 0.29) is 0 Å². The van der Waals surface area contributed by atoms with E-state index >= 15 is 0 Å². The Balaban J connectivity index is 1.97. The molecule has 0 aromatic carbocycles. The van der Waals surface area contributed by atoms with Gasteiger partial charge in [-0.05, 0) is 25.2 Å². The molecule has 2 nitrogen and oxygen atoms in total. The fraction of sp³-hybridized carbons (Fsp3) is 1.00. The summed E-state index contributed by atoms with van der Waals surface area (Å²) >= 11 is 4.29. The van der Waals surface area contributed by atoms with Gasteiger partial charge in [-0.1, -0.05) is 13.3 Å². The topological polar surface area (TPSA) is 38.0 Å². The van der Waals surface area contributed by atoms with E-state index in [2.05, 4.69) is 35.9 Å². The predicted octanol–water partition coefficient (Wildman–Crippen LogP) is 2.25. The molecule has 3 atom stereocenters. The van der Waals surface area contributed by atoms with E-state index in [4.69, 9.17) is 5.84 Å². The van der Waals surface area contributed by atoms with Crippen LogP contribution in [-0.2, 0) is 0 Å². The summed E-state index contributed by atoms with van der Waals surface area (Å²) in [5, 5.41) is 1.55. The number of hydrazine groups is 1. The molecule has 0 radical (unpaired) electrons. The summed E-state index contributed by atoms with van der Waals surface area (Å²) in [7, 11) is 0. The Morgan fingerprint density at radius 3 is 2.60 bits per heavy atom. The van der Waals surface area contributed by atoms with Crippen LogP contribution >= 0.6 is 23.5 Å². The van der Waals surface area contributed by atoms with Crippen molar-refractivity contribution in [3.63, 3.8) is 0 Å². The lowest BCUT2D eigenvalue weighted by atomic mass is 9.78. The Labute approximate surface area is 101 Å². The molecule has 2 aliphatic rings. The molecule has 1 aliphatic heterocycles. The first kappa shape index (κ1) is 12.1. The molecule has 0 spiro atoms. The zero-order valence-electron chi connectivity index (χ0n) is 9.45. The molecule has 1 saturated heterocycles. The lowest BCUT2D eigenvalue weighted by molar-refractivity contribution is 0.223. The van der Waals surface area contributed by atoms with Crippen LogP contribution in [0.15, 0.2) is 0 Å². The van der Waals surface area contributed by atoms with Gasteiger partial charge in [0.05, 0.1) is 0 Å². The zero-order chi connectivity index (χ0) is 10.7. The van der Waals surface area contributed by atoms with Crippen molar-refractivity contribution < 1.29 is 0 Å². The summed E-state index contributed by atoms with van der Waals surface area (Å²) in [5.74, 6) is 9.23. The number of nitrogens with one attached hydrogen (secondary N) is 1. The van der Waals surface area contributed by atoms with Crippen molar-refractivity contribution in [2.75, 3.05) is 11.5 Å². The van der Waals surface area contributed by atoms with Crippen molar-refractivity contribution in [2.24, 2.45) is 11.8 Å². The van der Waals surface area contributed by atoms with E-state index in [1.54, 1.807) is 0 Å². The normalized spacial score (nSPS) is 34.8. The molecule has 3 N–H and O–H groups in total.